The summed E-state index contributed by atoms with van der Waals surface area (Å²) in [6.07, 6.45) is 2.91. The van der Waals surface area contributed by atoms with Crippen LogP contribution in [0, 0.1) is 5.82 Å². The second kappa shape index (κ2) is 10.1. The Kier molecular flexibility index (Phi) is 7.78. The first-order chi connectivity index (χ1) is 12.5. The summed E-state index contributed by atoms with van der Waals surface area (Å²) in [5.74, 6) is -1.37. The molecule has 2 aromatic rings. The lowest BCUT2D eigenvalue weighted by atomic mass is 10.1. The standard InChI is InChI=1S/C20H20BrFO4/c1-2-3-4-11-25-19(23)14-5-7-15(8-6-14)20(24)26-13-16-12-17(22)9-10-18(16)21/h5-10,12H,2-4,11,13H2,1H3. The lowest BCUT2D eigenvalue weighted by molar-refractivity contribution is 0.0465. The molecule has 0 saturated carbocycles. The van der Waals surface area contributed by atoms with Crippen LogP contribution in [0.2, 0.25) is 0 Å². The maximum atomic E-state index is 13.2. The van der Waals surface area contributed by atoms with Gasteiger partial charge in [0.15, 0.2) is 0 Å². The lowest BCUT2D eigenvalue weighted by Crippen LogP contribution is -2.09. The van der Waals surface area contributed by atoms with Crippen LogP contribution in [0.15, 0.2) is 46.9 Å². The molecule has 4 nitrogen and oxygen atoms in total. The summed E-state index contributed by atoms with van der Waals surface area (Å²) in [5, 5.41) is 0. The summed E-state index contributed by atoms with van der Waals surface area (Å²) < 4.78 is 24.3. The quantitative estimate of drug-likeness (QED) is 0.428. The van der Waals surface area contributed by atoms with Crippen LogP contribution in [0.4, 0.5) is 4.39 Å². The number of hydrogen-bond acceptors (Lipinski definition) is 4. The molecule has 0 aliphatic carbocycles. The number of unbranched alkanes of at least 4 members (excludes halogenated alkanes) is 2. The zero-order valence-electron chi connectivity index (χ0n) is 14.5. The summed E-state index contributed by atoms with van der Waals surface area (Å²) in [5.41, 5.74) is 1.22. The van der Waals surface area contributed by atoms with Gasteiger partial charge in [-0.05, 0) is 48.9 Å². The topological polar surface area (TPSA) is 52.6 Å². The molecule has 2 rings (SSSR count). The smallest absolute Gasteiger partial charge is 0.338 e. The van der Waals surface area contributed by atoms with Crippen LogP contribution in [0.3, 0.4) is 0 Å². The molecule has 0 radical (unpaired) electrons. The fraction of sp³-hybridized carbons (Fsp3) is 0.300. The third-order valence-corrected chi connectivity index (χ3v) is 4.48. The maximum absolute atomic E-state index is 13.2. The van der Waals surface area contributed by atoms with E-state index < -0.39 is 17.8 Å². The summed E-state index contributed by atoms with van der Waals surface area (Å²) in [7, 11) is 0. The highest BCUT2D eigenvalue weighted by molar-refractivity contribution is 9.10. The van der Waals surface area contributed by atoms with Crippen LogP contribution in [0.25, 0.3) is 0 Å². The van der Waals surface area contributed by atoms with E-state index in [-0.39, 0.29) is 6.61 Å². The molecule has 0 atom stereocenters. The SMILES string of the molecule is CCCCCOC(=O)c1ccc(C(=O)OCc2cc(F)ccc2Br)cc1. The number of halogens is 2. The second-order valence-electron chi connectivity index (χ2n) is 5.73. The zero-order valence-corrected chi connectivity index (χ0v) is 16.1. The summed E-state index contributed by atoms with van der Waals surface area (Å²) in [6.45, 7) is 2.41. The highest BCUT2D eigenvalue weighted by Gasteiger charge is 2.12. The van der Waals surface area contributed by atoms with Gasteiger partial charge in [0.1, 0.15) is 12.4 Å². The van der Waals surface area contributed by atoms with Crippen molar-refractivity contribution in [3.05, 3.63) is 69.4 Å². The minimum Gasteiger partial charge on any atom is -0.462 e. The predicted molar refractivity (Wildman–Crippen MR) is 99.5 cm³/mol. The number of hydrogen-bond donors (Lipinski definition) is 0. The average molecular weight is 423 g/mol. The highest BCUT2D eigenvalue weighted by atomic mass is 79.9. The Morgan fingerprint density at radius 3 is 2.19 bits per heavy atom. The van der Waals surface area contributed by atoms with Gasteiger partial charge in [-0.3, -0.25) is 0 Å². The predicted octanol–water partition coefficient (Wildman–Crippen LogP) is 5.29. The summed E-state index contributed by atoms with van der Waals surface area (Å²) >= 11 is 3.28. The summed E-state index contributed by atoms with van der Waals surface area (Å²) in [4.78, 5) is 24.0. The van der Waals surface area contributed by atoms with Gasteiger partial charge in [0, 0.05) is 10.0 Å². The van der Waals surface area contributed by atoms with E-state index in [1.165, 1.54) is 36.4 Å². The van der Waals surface area contributed by atoms with Gasteiger partial charge >= 0.3 is 11.9 Å². The van der Waals surface area contributed by atoms with Crippen molar-refractivity contribution in [1.82, 2.24) is 0 Å². The van der Waals surface area contributed by atoms with E-state index in [4.69, 9.17) is 9.47 Å². The molecule has 2 aromatic carbocycles. The van der Waals surface area contributed by atoms with Gasteiger partial charge in [-0.2, -0.15) is 0 Å². The molecule has 0 aliphatic heterocycles. The average Bonchev–Trinajstić information content (AvgIpc) is 2.65. The Labute approximate surface area is 160 Å². The van der Waals surface area contributed by atoms with E-state index in [9.17, 15) is 14.0 Å². The zero-order chi connectivity index (χ0) is 18.9. The molecule has 0 N–H and O–H groups in total. The fourth-order valence-corrected chi connectivity index (χ4v) is 2.58. The van der Waals surface area contributed by atoms with Gasteiger partial charge in [0.05, 0.1) is 17.7 Å². The van der Waals surface area contributed by atoms with Crippen LogP contribution in [-0.2, 0) is 16.1 Å². The number of ether oxygens (including phenoxy) is 2. The molecule has 0 heterocycles. The maximum Gasteiger partial charge on any atom is 0.338 e. The van der Waals surface area contributed by atoms with Crippen LogP contribution >= 0.6 is 15.9 Å². The first-order valence-electron chi connectivity index (χ1n) is 8.39. The van der Waals surface area contributed by atoms with E-state index in [0.717, 1.165) is 19.3 Å². The third kappa shape index (κ3) is 5.95. The highest BCUT2D eigenvalue weighted by Crippen LogP contribution is 2.19. The molecular formula is C20H20BrFO4. The Balaban J connectivity index is 1.89. The molecule has 0 bridgehead atoms. The van der Waals surface area contributed by atoms with E-state index >= 15 is 0 Å². The minimum absolute atomic E-state index is 0.0571. The Hall–Kier alpha value is -2.21. The number of rotatable bonds is 8. The van der Waals surface area contributed by atoms with Crippen molar-refractivity contribution in [2.75, 3.05) is 6.61 Å². The Morgan fingerprint density at radius 1 is 0.962 bits per heavy atom. The molecule has 0 amide bonds. The van der Waals surface area contributed by atoms with Gasteiger partial charge in [-0.1, -0.05) is 35.7 Å². The number of carbonyl (C=O) groups excluding carboxylic acids is 2. The van der Waals surface area contributed by atoms with Gasteiger partial charge in [0.2, 0.25) is 0 Å². The lowest BCUT2D eigenvalue weighted by Gasteiger charge is -2.08. The van der Waals surface area contributed by atoms with Crippen molar-refractivity contribution >= 4 is 27.9 Å². The monoisotopic (exact) mass is 422 g/mol. The largest absolute Gasteiger partial charge is 0.462 e. The van der Waals surface area contributed by atoms with Gasteiger partial charge in [0.25, 0.3) is 0 Å². The molecule has 0 saturated heterocycles. The minimum atomic E-state index is -0.552. The number of benzene rings is 2. The van der Waals surface area contributed by atoms with E-state index in [1.54, 1.807) is 6.07 Å². The van der Waals surface area contributed by atoms with Crippen molar-refractivity contribution in [1.29, 1.82) is 0 Å². The Bertz CT molecular complexity index is 759. The Morgan fingerprint density at radius 2 is 1.58 bits per heavy atom. The first-order valence-corrected chi connectivity index (χ1v) is 9.18. The molecule has 0 fully saturated rings. The van der Waals surface area contributed by atoms with Gasteiger partial charge in [-0.15, -0.1) is 0 Å². The van der Waals surface area contributed by atoms with Crippen molar-refractivity contribution < 1.29 is 23.5 Å². The van der Waals surface area contributed by atoms with Crippen molar-refractivity contribution in [3.63, 3.8) is 0 Å². The van der Waals surface area contributed by atoms with Crippen LogP contribution in [0.1, 0.15) is 52.5 Å². The third-order valence-electron chi connectivity index (χ3n) is 3.70. The molecule has 0 unspecified atom stereocenters. The molecule has 0 aromatic heterocycles. The molecule has 138 valence electrons. The van der Waals surface area contributed by atoms with Crippen LogP contribution in [-0.4, -0.2) is 18.5 Å². The second-order valence-corrected chi connectivity index (χ2v) is 6.59. The van der Waals surface area contributed by atoms with Gasteiger partial charge in [-0.25, -0.2) is 14.0 Å². The van der Waals surface area contributed by atoms with Crippen LogP contribution in [0.5, 0.6) is 0 Å². The molecular weight excluding hydrogens is 403 g/mol. The van der Waals surface area contributed by atoms with E-state index in [1.807, 2.05) is 0 Å². The fourth-order valence-electron chi connectivity index (χ4n) is 2.22. The molecule has 6 heteroatoms. The number of carbonyl (C=O) groups is 2. The first kappa shape index (κ1) is 20.1. The van der Waals surface area contributed by atoms with Crippen LogP contribution < -0.4 is 0 Å². The van der Waals surface area contributed by atoms with Crippen molar-refractivity contribution in [2.45, 2.75) is 32.8 Å². The summed E-state index contributed by atoms with van der Waals surface area (Å²) in [6, 6.07) is 10.2. The van der Waals surface area contributed by atoms with Gasteiger partial charge < -0.3 is 9.47 Å². The van der Waals surface area contributed by atoms with E-state index in [0.29, 0.717) is 27.8 Å². The number of esters is 2. The molecule has 26 heavy (non-hydrogen) atoms. The van der Waals surface area contributed by atoms with Crippen molar-refractivity contribution in [3.8, 4) is 0 Å². The van der Waals surface area contributed by atoms with E-state index in [2.05, 4.69) is 22.9 Å². The molecule has 0 spiro atoms. The molecule has 0 aliphatic rings. The van der Waals surface area contributed by atoms with Crippen molar-refractivity contribution in [2.24, 2.45) is 0 Å². The normalized spacial score (nSPS) is 10.4.